The fourth-order valence-electron chi connectivity index (χ4n) is 2.51. The van der Waals surface area contributed by atoms with Gasteiger partial charge < -0.3 is 19.6 Å². The third-order valence-corrected chi connectivity index (χ3v) is 3.88. The van der Waals surface area contributed by atoms with Crippen molar-refractivity contribution in [3.63, 3.8) is 0 Å². The van der Waals surface area contributed by atoms with Crippen molar-refractivity contribution in [2.24, 2.45) is 15.5 Å². The van der Waals surface area contributed by atoms with E-state index in [1.807, 2.05) is 0 Å². The number of nitrogens with zero attached hydrogens (tertiary/aromatic N) is 3. The summed E-state index contributed by atoms with van der Waals surface area (Å²) in [4.78, 5) is 22.0. The zero-order chi connectivity index (χ0) is 22.1. The van der Waals surface area contributed by atoms with E-state index >= 15 is 0 Å². The van der Waals surface area contributed by atoms with E-state index in [2.05, 4.69) is 15.5 Å². The smallest absolute Gasteiger partial charge is 0.360 e. The van der Waals surface area contributed by atoms with E-state index in [0.717, 1.165) is 12.1 Å². The number of methoxy groups -OCH3 is 1. The summed E-state index contributed by atoms with van der Waals surface area (Å²) in [5.41, 5.74) is 0.539. The fraction of sp³-hybridized carbons (Fsp3) is 0.200. The molecule has 30 heavy (non-hydrogen) atoms. The van der Waals surface area contributed by atoms with Gasteiger partial charge in [-0.3, -0.25) is 0 Å². The van der Waals surface area contributed by atoms with Crippen molar-refractivity contribution in [1.82, 2.24) is 0 Å². The van der Waals surface area contributed by atoms with Crippen LogP contribution in [0.4, 0.5) is 8.78 Å². The molecule has 8 nitrogen and oxygen atoms in total. The highest BCUT2D eigenvalue weighted by atomic mass is 19.1. The highest BCUT2D eigenvalue weighted by Crippen LogP contribution is 2.15. The number of carbonyl (C=O) groups excluding carboxylic acids is 1. The lowest BCUT2D eigenvalue weighted by atomic mass is 10.0. The van der Waals surface area contributed by atoms with E-state index in [9.17, 15) is 18.8 Å². The van der Waals surface area contributed by atoms with Crippen LogP contribution >= 0.6 is 0 Å². The molecule has 0 heterocycles. The molecule has 2 rings (SSSR count). The molecule has 0 saturated carbocycles. The van der Waals surface area contributed by atoms with Crippen LogP contribution in [0.3, 0.4) is 0 Å². The van der Waals surface area contributed by atoms with Gasteiger partial charge in [-0.2, -0.15) is 0 Å². The molecule has 0 aliphatic heterocycles. The van der Waals surface area contributed by atoms with Gasteiger partial charge in [-0.05, 0) is 19.1 Å². The average Bonchev–Trinajstić information content (AvgIpc) is 2.74. The maximum absolute atomic E-state index is 14.0. The van der Waals surface area contributed by atoms with Crippen LogP contribution in [-0.2, 0) is 25.8 Å². The van der Waals surface area contributed by atoms with Crippen LogP contribution in [0.2, 0.25) is 0 Å². The molecule has 0 unspecified atom stereocenters. The first-order valence-corrected chi connectivity index (χ1v) is 8.55. The molecule has 0 spiro atoms. The molecule has 0 aromatic heterocycles. The lowest BCUT2D eigenvalue weighted by Gasteiger charge is -2.10. The van der Waals surface area contributed by atoms with Gasteiger partial charge in [0.25, 0.3) is 0 Å². The monoisotopic (exact) mass is 419 g/mol. The highest BCUT2D eigenvalue weighted by molar-refractivity contribution is 6.47. The molecule has 158 valence electrons. The maximum Gasteiger partial charge on any atom is 0.360 e. The number of rotatable bonds is 8. The lowest BCUT2D eigenvalue weighted by Crippen LogP contribution is -2.19. The number of ether oxygens (including phenoxy) is 1. The van der Waals surface area contributed by atoms with Gasteiger partial charge in [0, 0.05) is 22.8 Å². The lowest BCUT2D eigenvalue weighted by molar-refractivity contribution is -0.132. The van der Waals surface area contributed by atoms with Gasteiger partial charge >= 0.3 is 5.97 Å². The number of esters is 1. The molecule has 1 N–H and O–H groups in total. The average molecular weight is 419 g/mol. The first kappa shape index (κ1) is 22.5. The van der Waals surface area contributed by atoms with Gasteiger partial charge in [0.2, 0.25) is 0 Å². The fourth-order valence-corrected chi connectivity index (χ4v) is 2.51. The van der Waals surface area contributed by atoms with Crippen LogP contribution in [0.15, 0.2) is 57.9 Å². The molecule has 0 fully saturated rings. The van der Waals surface area contributed by atoms with Crippen LogP contribution < -0.4 is 0 Å². The third-order valence-electron chi connectivity index (χ3n) is 3.88. The third kappa shape index (κ3) is 5.37. The van der Waals surface area contributed by atoms with Gasteiger partial charge in [0.15, 0.2) is 5.71 Å². The van der Waals surface area contributed by atoms with Crippen molar-refractivity contribution >= 4 is 23.1 Å². The quantitative estimate of drug-likeness (QED) is 0.306. The molecule has 0 atom stereocenters. The van der Waals surface area contributed by atoms with E-state index in [1.54, 1.807) is 24.3 Å². The molecule has 10 heteroatoms. The Bertz CT molecular complexity index is 1010. The molecular formula is C20H19F2N3O5. The number of carbonyl (C=O) groups is 1. The predicted molar refractivity (Wildman–Crippen MR) is 105 cm³/mol. The molecule has 0 saturated heterocycles. The second-order valence-corrected chi connectivity index (χ2v) is 5.79. The van der Waals surface area contributed by atoms with Crippen LogP contribution in [-0.4, -0.2) is 42.5 Å². The maximum atomic E-state index is 14.0. The van der Waals surface area contributed by atoms with E-state index < -0.39 is 17.6 Å². The van der Waals surface area contributed by atoms with Crippen LogP contribution in [0.5, 0.6) is 0 Å². The van der Waals surface area contributed by atoms with Crippen molar-refractivity contribution < 1.29 is 33.2 Å². The Morgan fingerprint density at radius 1 is 1.03 bits per heavy atom. The highest BCUT2D eigenvalue weighted by Gasteiger charge is 2.19. The largest absolute Gasteiger partial charge is 0.464 e. The van der Waals surface area contributed by atoms with Crippen LogP contribution in [0.25, 0.3) is 0 Å². The van der Waals surface area contributed by atoms with Gasteiger partial charge in [0.1, 0.15) is 36.8 Å². The second kappa shape index (κ2) is 10.6. The number of hydrogen-bond donors (Lipinski definition) is 1. The zero-order valence-corrected chi connectivity index (χ0v) is 16.4. The van der Waals surface area contributed by atoms with Crippen LogP contribution in [0, 0.1) is 11.6 Å². The Kier molecular flexibility index (Phi) is 7.98. The van der Waals surface area contributed by atoms with Crippen molar-refractivity contribution in [3.05, 3.63) is 70.8 Å². The second-order valence-electron chi connectivity index (χ2n) is 5.79. The summed E-state index contributed by atoms with van der Waals surface area (Å²) in [5, 5.41) is 19.8. The molecule has 0 aliphatic carbocycles. The minimum absolute atomic E-state index is 0.0410. The van der Waals surface area contributed by atoms with Gasteiger partial charge in [-0.15, -0.1) is 0 Å². The number of halogens is 2. The normalized spacial score (nSPS) is 12.5. The molecule has 0 radical (unpaired) electrons. The molecule has 0 aliphatic rings. The summed E-state index contributed by atoms with van der Waals surface area (Å²) in [5.74, 6) is -2.39. The molecule has 2 aromatic carbocycles. The number of hydrogen-bond acceptors (Lipinski definition) is 8. The molecule has 0 amide bonds. The Morgan fingerprint density at radius 2 is 1.77 bits per heavy atom. The van der Waals surface area contributed by atoms with E-state index in [4.69, 9.17) is 14.4 Å². The van der Waals surface area contributed by atoms with Crippen molar-refractivity contribution in [2.45, 2.75) is 13.5 Å². The summed E-state index contributed by atoms with van der Waals surface area (Å²) in [6.07, 6.45) is 0. The minimum Gasteiger partial charge on any atom is -0.464 e. The minimum atomic E-state index is -0.916. The van der Waals surface area contributed by atoms with Crippen molar-refractivity contribution in [3.8, 4) is 0 Å². The Balaban J connectivity index is 2.24. The molecule has 0 bridgehead atoms. The standard InChI is InChI=1S/C20H19F2N3O5/c1-12(18(23-27)16-9-8-14(21)10-17(16)22)24-30-11-13-6-4-5-7-15(13)19(25-29-3)20(26)28-2/h4-10,27H,11H2,1-3H3/b23-18+,24-12+,25-19+. The van der Waals surface area contributed by atoms with E-state index in [0.29, 0.717) is 17.2 Å². The molecule has 2 aromatic rings. The Labute approximate surface area is 171 Å². The first-order chi connectivity index (χ1) is 14.4. The first-order valence-electron chi connectivity index (χ1n) is 8.55. The Morgan fingerprint density at radius 3 is 2.40 bits per heavy atom. The zero-order valence-electron chi connectivity index (χ0n) is 16.4. The summed E-state index contributed by atoms with van der Waals surface area (Å²) in [6.45, 7) is 1.33. The number of benzene rings is 2. The van der Waals surface area contributed by atoms with E-state index in [-0.39, 0.29) is 29.3 Å². The summed E-state index contributed by atoms with van der Waals surface area (Å²) < 4.78 is 31.8. The van der Waals surface area contributed by atoms with Gasteiger partial charge in [-0.1, -0.05) is 39.7 Å². The topological polar surface area (TPSA) is 102 Å². The number of oxime groups is 3. The summed E-state index contributed by atoms with van der Waals surface area (Å²) in [7, 11) is 2.50. The molecular weight excluding hydrogens is 400 g/mol. The van der Waals surface area contributed by atoms with E-state index in [1.165, 1.54) is 21.1 Å². The SMILES string of the molecule is CO/N=C(/C(=O)OC)c1ccccc1CO/N=C(C)/C(=N\O)c1ccc(F)cc1F. The predicted octanol–water partition coefficient (Wildman–Crippen LogP) is 3.26. The van der Waals surface area contributed by atoms with Gasteiger partial charge in [0.05, 0.1) is 7.11 Å². The Hall–Kier alpha value is -3.82. The van der Waals surface area contributed by atoms with Crippen molar-refractivity contribution in [1.29, 1.82) is 0 Å². The van der Waals surface area contributed by atoms with Crippen LogP contribution in [0.1, 0.15) is 23.6 Å². The van der Waals surface area contributed by atoms with Gasteiger partial charge in [-0.25, -0.2) is 13.6 Å². The summed E-state index contributed by atoms with van der Waals surface area (Å²) in [6, 6.07) is 9.52. The summed E-state index contributed by atoms with van der Waals surface area (Å²) >= 11 is 0. The van der Waals surface area contributed by atoms with Crippen molar-refractivity contribution in [2.75, 3.05) is 14.2 Å².